The summed E-state index contributed by atoms with van der Waals surface area (Å²) in [7, 11) is -3.79. The maximum Gasteiger partial charge on any atom is 0.284 e. The van der Waals surface area contributed by atoms with Crippen LogP contribution in [0.15, 0.2) is 63.5 Å². The summed E-state index contributed by atoms with van der Waals surface area (Å²) in [4.78, 5) is 11.4. The highest BCUT2D eigenvalue weighted by atomic mass is 32.2. The van der Waals surface area contributed by atoms with Gasteiger partial charge in [0.15, 0.2) is 0 Å². The Kier molecular flexibility index (Phi) is 6.82. The molecule has 2 heterocycles. The topological polar surface area (TPSA) is 124 Å². The van der Waals surface area contributed by atoms with E-state index in [4.69, 9.17) is 0 Å². The van der Waals surface area contributed by atoms with E-state index in [1.54, 1.807) is 4.68 Å². The van der Waals surface area contributed by atoms with Crippen LogP contribution in [0.2, 0.25) is 0 Å². The zero-order chi connectivity index (χ0) is 22.6. The molecule has 12 heteroatoms. The first-order valence-electron chi connectivity index (χ1n) is 10.2. The van der Waals surface area contributed by atoms with E-state index in [-0.39, 0.29) is 15.5 Å². The standard InChI is InChI=1S/C20H22N6O4S2/c27-26(28)18-14-17(32(29,30)24-12-6-1-2-7-13-24)10-11-19(18)31-20-21-22-23-25(20)15-16-8-4-3-5-9-16/h3-5,8-11,14H,1-2,6-7,12-13,15H2. The summed E-state index contributed by atoms with van der Waals surface area (Å²) >= 11 is 1.03. The van der Waals surface area contributed by atoms with Crippen LogP contribution in [-0.2, 0) is 16.6 Å². The zero-order valence-corrected chi connectivity index (χ0v) is 18.8. The molecule has 1 fully saturated rings. The fourth-order valence-electron chi connectivity index (χ4n) is 3.54. The maximum atomic E-state index is 13.1. The predicted octanol–water partition coefficient (Wildman–Crippen LogP) is 3.35. The number of hydrogen-bond acceptors (Lipinski definition) is 8. The Morgan fingerprint density at radius 2 is 1.75 bits per heavy atom. The monoisotopic (exact) mass is 474 g/mol. The molecule has 1 aliphatic heterocycles. The third kappa shape index (κ3) is 4.97. The Labute approximate surface area is 189 Å². The van der Waals surface area contributed by atoms with E-state index in [9.17, 15) is 18.5 Å². The summed E-state index contributed by atoms with van der Waals surface area (Å²) in [5.41, 5.74) is 0.690. The van der Waals surface area contributed by atoms with Gasteiger partial charge in [-0.05, 0) is 52.7 Å². The van der Waals surface area contributed by atoms with Crippen LogP contribution in [-0.4, -0.2) is 50.9 Å². The number of benzene rings is 2. The number of tetrazole rings is 1. The molecule has 0 aliphatic carbocycles. The number of hydrogen-bond donors (Lipinski definition) is 0. The molecule has 0 amide bonds. The zero-order valence-electron chi connectivity index (χ0n) is 17.2. The Morgan fingerprint density at radius 3 is 2.44 bits per heavy atom. The molecule has 32 heavy (non-hydrogen) atoms. The Hall–Kier alpha value is -2.83. The third-order valence-electron chi connectivity index (χ3n) is 5.21. The van der Waals surface area contributed by atoms with E-state index in [0.29, 0.717) is 24.8 Å². The van der Waals surface area contributed by atoms with Gasteiger partial charge in [-0.3, -0.25) is 10.1 Å². The molecule has 0 saturated carbocycles. The van der Waals surface area contributed by atoms with Crippen molar-refractivity contribution in [1.82, 2.24) is 24.5 Å². The lowest BCUT2D eigenvalue weighted by Gasteiger charge is -2.20. The molecule has 0 spiro atoms. The number of nitrogens with zero attached hydrogens (tertiary/aromatic N) is 6. The van der Waals surface area contributed by atoms with Crippen molar-refractivity contribution in [3.05, 3.63) is 64.2 Å². The summed E-state index contributed by atoms with van der Waals surface area (Å²) in [6, 6.07) is 13.6. The van der Waals surface area contributed by atoms with Crippen LogP contribution in [0.1, 0.15) is 31.2 Å². The molecule has 0 radical (unpaired) electrons. The van der Waals surface area contributed by atoms with Crippen LogP contribution in [0.4, 0.5) is 5.69 Å². The average molecular weight is 475 g/mol. The van der Waals surface area contributed by atoms with Crippen molar-refractivity contribution in [2.75, 3.05) is 13.1 Å². The maximum absolute atomic E-state index is 13.1. The highest BCUT2D eigenvalue weighted by Gasteiger charge is 2.28. The number of aromatic nitrogens is 4. The molecule has 0 unspecified atom stereocenters. The molecular formula is C20H22N6O4S2. The molecule has 0 atom stereocenters. The molecule has 0 bridgehead atoms. The van der Waals surface area contributed by atoms with Gasteiger partial charge < -0.3 is 0 Å². The molecule has 3 aromatic rings. The lowest BCUT2D eigenvalue weighted by molar-refractivity contribution is -0.388. The first-order chi connectivity index (χ1) is 15.4. The number of nitro benzene ring substituents is 1. The van der Waals surface area contributed by atoms with Gasteiger partial charge in [0.2, 0.25) is 15.2 Å². The van der Waals surface area contributed by atoms with Crippen LogP contribution in [0.3, 0.4) is 0 Å². The van der Waals surface area contributed by atoms with Gasteiger partial charge >= 0.3 is 0 Å². The first-order valence-corrected chi connectivity index (χ1v) is 12.5. The van der Waals surface area contributed by atoms with Crippen molar-refractivity contribution >= 4 is 27.5 Å². The summed E-state index contributed by atoms with van der Waals surface area (Å²) < 4.78 is 29.1. The minimum absolute atomic E-state index is 0.0701. The van der Waals surface area contributed by atoms with E-state index >= 15 is 0 Å². The van der Waals surface area contributed by atoms with Gasteiger partial charge in [-0.15, -0.1) is 5.10 Å². The number of rotatable bonds is 7. The van der Waals surface area contributed by atoms with Crippen molar-refractivity contribution < 1.29 is 13.3 Å². The van der Waals surface area contributed by atoms with Crippen LogP contribution < -0.4 is 0 Å². The van der Waals surface area contributed by atoms with Gasteiger partial charge in [0.05, 0.1) is 21.3 Å². The summed E-state index contributed by atoms with van der Waals surface area (Å²) in [6.07, 6.45) is 3.55. The number of sulfonamides is 1. The second-order valence-electron chi connectivity index (χ2n) is 7.41. The van der Waals surface area contributed by atoms with Gasteiger partial charge in [0, 0.05) is 19.2 Å². The van der Waals surface area contributed by atoms with E-state index in [2.05, 4.69) is 15.5 Å². The minimum Gasteiger partial charge on any atom is -0.258 e. The smallest absolute Gasteiger partial charge is 0.258 e. The Bertz CT molecular complexity index is 1190. The van der Waals surface area contributed by atoms with Crippen LogP contribution in [0.25, 0.3) is 0 Å². The highest BCUT2D eigenvalue weighted by Crippen LogP contribution is 2.36. The van der Waals surface area contributed by atoms with Crippen LogP contribution in [0, 0.1) is 10.1 Å². The van der Waals surface area contributed by atoms with Gasteiger partial charge in [0.25, 0.3) is 5.69 Å². The van der Waals surface area contributed by atoms with Crippen molar-refractivity contribution in [2.24, 2.45) is 0 Å². The van der Waals surface area contributed by atoms with Crippen LogP contribution >= 0.6 is 11.8 Å². The van der Waals surface area contributed by atoms with E-state index in [1.807, 2.05) is 30.3 Å². The average Bonchev–Trinajstić information content (AvgIpc) is 3.03. The van der Waals surface area contributed by atoms with Gasteiger partial charge in [-0.1, -0.05) is 43.2 Å². The third-order valence-corrected chi connectivity index (χ3v) is 8.14. The van der Waals surface area contributed by atoms with E-state index < -0.39 is 14.9 Å². The van der Waals surface area contributed by atoms with Gasteiger partial charge in [-0.25, -0.2) is 13.1 Å². The molecule has 1 aliphatic rings. The molecule has 1 saturated heterocycles. The van der Waals surface area contributed by atoms with Crippen molar-refractivity contribution in [1.29, 1.82) is 0 Å². The highest BCUT2D eigenvalue weighted by molar-refractivity contribution is 7.99. The summed E-state index contributed by atoms with van der Waals surface area (Å²) in [5, 5.41) is 23.8. The van der Waals surface area contributed by atoms with E-state index in [1.165, 1.54) is 16.4 Å². The van der Waals surface area contributed by atoms with Gasteiger partial charge in [0.1, 0.15) is 0 Å². The lowest BCUT2D eigenvalue weighted by atomic mass is 10.2. The van der Waals surface area contributed by atoms with E-state index in [0.717, 1.165) is 49.1 Å². The summed E-state index contributed by atoms with van der Waals surface area (Å²) in [6.45, 7) is 1.27. The van der Waals surface area contributed by atoms with Crippen molar-refractivity contribution in [3.63, 3.8) is 0 Å². The summed E-state index contributed by atoms with van der Waals surface area (Å²) in [5.74, 6) is 0. The molecular weight excluding hydrogens is 452 g/mol. The Balaban J connectivity index is 1.61. The molecule has 2 aromatic carbocycles. The minimum atomic E-state index is -3.79. The fraction of sp³-hybridized carbons (Fsp3) is 0.350. The predicted molar refractivity (Wildman–Crippen MR) is 118 cm³/mol. The fourth-order valence-corrected chi connectivity index (χ4v) is 5.93. The first kappa shape index (κ1) is 22.4. The second-order valence-corrected chi connectivity index (χ2v) is 10.4. The molecule has 168 valence electrons. The normalized spacial score (nSPS) is 15.4. The molecule has 1 aromatic heterocycles. The molecule has 10 nitrogen and oxygen atoms in total. The molecule has 0 N–H and O–H groups in total. The van der Waals surface area contributed by atoms with Gasteiger partial charge in [-0.2, -0.15) is 4.31 Å². The SMILES string of the molecule is O=[N+]([O-])c1cc(S(=O)(=O)N2CCCCCC2)ccc1Sc1nnnn1Cc1ccccc1. The quantitative estimate of drug-likeness (QED) is 0.377. The van der Waals surface area contributed by atoms with Crippen LogP contribution in [0.5, 0.6) is 0 Å². The Morgan fingerprint density at radius 1 is 1.03 bits per heavy atom. The largest absolute Gasteiger partial charge is 0.284 e. The second kappa shape index (κ2) is 9.76. The van der Waals surface area contributed by atoms with Crippen molar-refractivity contribution in [2.45, 2.75) is 47.2 Å². The lowest BCUT2D eigenvalue weighted by Crippen LogP contribution is -2.31. The number of nitro groups is 1. The molecule has 4 rings (SSSR count). The van der Waals surface area contributed by atoms with Crippen molar-refractivity contribution in [3.8, 4) is 0 Å².